The van der Waals surface area contributed by atoms with Gasteiger partial charge < -0.3 is 14.6 Å². The minimum Gasteiger partial charge on any atom is -0.497 e. The number of ether oxygens (including phenoxy) is 2. The fourth-order valence-electron chi connectivity index (χ4n) is 5.11. The van der Waals surface area contributed by atoms with Gasteiger partial charge in [0.05, 0.1) is 12.6 Å². The second-order valence-electron chi connectivity index (χ2n) is 9.70. The summed E-state index contributed by atoms with van der Waals surface area (Å²) in [6, 6.07) is 7.16. The number of likely N-dealkylation sites (tertiary alicyclic amines) is 1. The predicted molar refractivity (Wildman–Crippen MR) is 133 cm³/mol. The normalized spacial score (nSPS) is 15.8. The molecular weight excluding hydrogens is 469 g/mol. The Morgan fingerprint density at radius 2 is 1.81 bits per heavy atom. The highest BCUT2D eigenvalue weighted by Gasteiger charge is 2.33. The van der Waals surface area contributed by atoms with Gasteiger partial charge in [-0.15, -0.1) is 0 Å². The maximum Gasteiger partial charge on any atom is 0.190 e. The van der Waals surface area contributed by atoms with Gasteiger partial charge >= 0.3 is 0 Å². The topological polar surface area (TPSA) is 54.8 Å². The molecule has 1 fully saturated rings. The number of nitrogens with zero attached hydrogens (tertiary/aromatic N) is 2. The number of halogens is 3. The highest BCUT2D eigenvalue weighted by atomic mass is 19.1. The molecule has 0 amide bonds. The molecule has 194 valence electrons. The van der Waals surface area contributed by atoms with Crippen LogP contribution in [0.2, 0.25) is 0 Å². The van der Waals surface area contributed by atoms with Gasteiger partial charge in [0.25, 0.3) is 0 Å². The van der Waals surface area contributed by atoms with E-state index in [0.29, 0.717) is 18.7 Å². The van der Waals surface area contributed by atoms with Crippen LogP contribution in [0.4, 0.5) is 13.2 Å². The monoisotopic (exact) mass is 502 g/mol. The first-order valence-electron chi connectivity index (χ1n) is 12.4. The van der Waals surface area contributed by atoms with Crippen molar-refractivity contribution >= 4 is 10.9 Å². The summed E-state index contributed by atoms with van der Waals surface area (Å²) in [4.78, 5) is 6.71. The van der Waals surface area contributed by atoms with E-state index in [0.717, 1.165) is 67.4 Å². The van der Waals surface area contributed by atoms with Crippen LogP contribution >= 0.6 is 0 Å². The number of rotatable bonds is 10. The summed E-state index contributed by atoms with van der Waals surface area (Å²) >= 11 is 0. The largest absolute Gasteiger partial charge is 0.497 e. The zero-order valence-electron chi connectivity index (χ0n) is 20.8. The lowest BCUT2D eigenvalue weighted by molar-refractivity contribution is 0.0313. The van der Waals surface area contributed by atoms with Crippen LogP contribution in [0.15, 0.2) is 36.5 Å². The summed E-state index contributed by atoms with van der Waals surface area (Å²) in [6.07, 6.45) is 6.35. The van der Waals surface area contributed by atoms with Crippen LogP contribution in [-0.2, 0) is 6.42 Å². The predicted octanol–water partition coefficient (Wildman–Crippen LogP) is 5.45. The summed E-state index contributed by atoms with van der Waals surface area (Å²) in [5.41, 5.74) is 3.23. The van der Waals surface area contributed by atoms with Gasteiger partial charge in [-0.3, -0.25) is 9.88 Å². The van der Waals surface area contributed by atoms with Gasteiger partial charge in [-0.25, -0.2) is 13.2 Å². The number of fused-ring (bicyclic) bond motifs is 1. The number of hydrogen-bond donors (Lipinski definition) is 1. The molecule has 1 N–H and O–H groups in total. The Kier molecular flexibility index (Phi) is 8.36. The third kappa shape index (κ3) is 5.93. The summed E-state index contributed by atoms with van der Waals surface area (Å²) in [5, 5.41) is 11.4. The first kappa shape index (κ1) is 26.2. The molecular formula is C28H33F3N2O3. The molecule has 0 atom stereocenters. The maximum atomic E-state index is 13.8. The van der Waals surface area contributed by atoms with E-state index in [1.54, 1.807) is 7.11 Å². The van der Waals surface area contributed by atoms with Crippen molar-refractivity contribution < 1.29 is 27.8 Å². The number of benzene rings is 2. The maximum absolute atomic E-state index is 13.8. The molecule has 1 saturated heterocycles. The standard InChI is InChI=1S/C28H33F3N2O3/c1-19-17-32-26-6-5-21(35-2)16-23(26)22(19)4-3-7-28(18-34)8-10-33(11-9-28)12-13-36-27-24(30)14-20(29)15-25(27)31/h5-6,14-17,34H,3-4,7-13,18H2,1-2H3. The molecule has 1 aliphatic rings. The summed E-state index contributed by atoms with van der Waals surface area (Å²) in [5.74, 6) is -2.79. The van der Waals surface area contributed by atoms with Crippen LogP contribution in [0.1, 0.15) is 36.8 Å². The van der Waals surface area contributed by atoms with Crippen LogP contribution in [0.25, 0.3) is 10.9 Å². The number of methoxy groups -OCH3 is 1. The van der Waals surface area contributed by atoms with Crippen molar-refractivity contribution in [2.45, 2.75) is 39.0 Å². The average molecular weight is 503 g/mol. The van der Waals surface area contributed by atoms with Crippen molar-refractivity contribution in [1.82, 2.24) is 9.88 Å². The first-order chi connectivity index (χ1) is 17.3. The second kappa shape index (κ2) is 11.5. The average Bonchev–Trinajstić information content (AvgIpc) is 2.87. The van der Waals surface area contributed by atoms with Crippen molar-refractivity contribution in [2.24, 2.45) is 5.41 Å². The van der Waals surface area contributed by atoms with Gasteiger partial charge in [0.15, 0.2) is 17.4 Å². The number of pyridine rings is 1. The third-order valence-electron chi connectivity index (χ3n) is 7.41. The van der Waals surface area contributed by atoms with E-state index in [2.05, 4.69) is 16.8 Å². The van der Waals surface area contributed by atoms with Gasteiger partial charge in [0, 0.05) is 36.9 Å². The molecule has 0 spiro atoms. The lowest BCUT2D eigenvalue weighted by Crippen LogP contribution is -2.43. The van der Waals surface area contributed by atoms with Gasteiger partial charge in [-0.1, -0.05) is 0 Å². The van der Waals surface area contributed by atoms with Crippen molar-refractivity contribution in [3.05, 3.63) is 65.1 Å². The molecule has 2 aromatic carbocycles. The Hall–Kier alpha value is -2.84. The Balaban J connectivity index is 1.30. The molecule has 1 aliphatic heterocycles. The highest BCUT2D eigenvalue weighted by molar-refractivity contribution is 5.84. The third-order valence-corrected chi connectivity index (χ3v) is 7.41. The molecule has 3 aromatic rings. The van der Waals surface area contributed by atoms with Crippen molar-refractivity contribution in [3.8, 4) is 11.5 Å². The molecule has 0 radical (unpaired) electrons. The van der Waals surface area contributed by atoms with Crippen molar-refractivity contribution in [1.29, 1.82) is 0 Å². The number of piperidine rings is 1. The fourth-order valence-corrected chi connectivity index (χ4v) is 5.11. The van der Waals surface area contributed by atoms with E-state index in [-0.39, 0.29) is 18.6 Å². The number of aliphatic hydroxyl groups is 1. The van der Waals surface area contributed by atoms with E-state index >= 15 is 0 Å². The van der Waals surface area contributed by atoms with Gasteiger partial charge in [0.1, 0.15) is 18.2 Å². The number of aryl methyl sites for hydroxylation is 2. The van der Waals surface area contributed by atoms with E-state index in [1.807, 2.05) is 24.4 Å². The Morgan fingerprint density at radius 3 is 2.47 bits per heavy atom. The quantitative estimate of drug-likeness (QED) is 0.400. The van der Waals surface area contributed by atoms with E-state index < -0.39 is 23.2 Å². The van der Waals surface area contributed by atoms with Gasteiger partial charge in [0.2, 0.25) is 0 Å². The molecule has 4 rings (SSSR count). The molecule has 2 heterocycles. The Bertz CT molecular complexity index is 1170. The molecule has 1 aromatic heterocycles. The summed E-state index contributed by atoms with van der Waals surface area (Å²) in [7, 11) is 1.66. The van der Waals surface area contributed by atoms with Crippen molar-refractivity contribution in [3.63, 3.8) is 0 Å². The zero-order valence-corrected chi connectivity index (χ0v) is 20.8. The van der Waals surface area contributed by atoms with Crippen LogP contribution in [-0.4, -0.2) is 54.9 Å². The molecule has 5 nitrogen and oxygen atoms in total. The molecule has 0 saturated carbocycles. The lowest BCUT2D eigenvalue weighted by atomic mass is 9.75. The van der Waals surface area contributed by atoms with Gasteiger partial charge in [-0.2, -0.15) is 0 Å². The van der Waals surface area contributed by atoms with Crippen LogP contribution in [0.3, 0.4) is 0 Å². The highest BCUT2D eigenvalue weighted by Crippen LogP contribution is 2.37. The van der Waals surface area contributed by atoms with Crippen LogP contribution in [0, 0.1) is 29.8 Å². The summed E-state index contributed by atoms with van der Waals surface area (Å²) < 4.78 is 51.2. The molecule has 0 bridgehead atoms. The smallest absolute Gasteiger partial charge is 0.190 e. The van der Waals surface area contributed by atoms with Crippen LogP contribution < -0.4 is 9.47 Å². The lowest BCUT2D eigenvalue weighted by Gasteiger charge is -2.41. The van der Waals surface area contributed by atoms with E-state index in [4.69, 9.17) is 9.47 Å². The minimum absolute atomic E-state index is 0.101. The molecule has 36 heavy (non-hydrogen) atoms. The number of hydrogen-bond acceptors (Lipinski definition) is 5. The SMILES string of the molecule is COc1ccc2ncc(C)c(CCCC3(CO)CCN(CCOc4c(F)cc(F)cc4F)CC3)c2c1. The van der Waals surface area contributed by atoms with Crippen molar-refractivity contribution in [2.75, 3.05) is 40.0 Å². The molecule has 8 heteroatoms. The number of aromatic nitrogens is 1. The Labute approximate surface area is 209 Å². The number of aliphatic hydroxyl groups excluding tert-OH is 1. The van der Waals surface area contributed by atoms with E-state index in [1.165, 1.54) is 5.56 Å². The van der Waals surface area contributed by atoms with Gasteiger partial charge in [-0.05, 0) is 86.9 Å². The Morgan fingerprint density at radius 1 is 1.08 bits per heavy atom. The first-order valence-corrected chi connectivity index (χ1v) is 12.4. The molecule has 0 unspecified atom stereocenters. The van der Waals surface area contributed by atoms with E-state index in [9.17, 15) is 18.3 Å². The molecule has 0 aliphatic carbocycles. The fraction of sp³-hybridized carbons (Fsp3) is 0.464. The minimum atomic E-state index is -1.04. The zero-order chi connectivity index (χ0) is 25.7. The van der Waals surface area contributed by atoms with Crippen LogP contribution in [0.5, 0.6) is 11.5 Å². The summed E-state index contributed by atoms with van der Waals surface area (Å²) in [6.45, 7) is 4.35. The second-order valence-corrected chi connectivity index (χ2v) is 9.70.